The van der Waals surface area contributed by atoms with Crippen molar-refractivity contribution in [1.82, 2.24) is 0 Å². The second-order valence-corrected chi connectivity index (χ2v) is 4.87. The standard InChI is InChI=1S/C13H15ClN2O2/c1-2-12(17)15-10-3-5-11(6-4-10)16-8-9(14)7-13(16)18/h3-6,9H,2,7-8H2,1H3,(H,15,17). The quantitative estimate of drug-likeness (QED) is 0.854. The van der Waals surface area contributed by atoms with Crippen LogP contribution < -0.4 is 10.2 Å². The van der Waals surface area contributed by atoms with E-state index in [0.29, 0.717) is 19.4 Å². The molecule has 18 heavy (non-hydrogen) atoms. The van der Waals surface area contributed by atoms with Crippen LogP contribution in [0.4, 0.5) is 11.4 Å². The monoisotopic (exact) mass is 266 g/mol. The molecule has 1 aromatic carbocycles. The van der Waals surface area contributed by atoms with E-state index in [0.717, 1.165) is 11.4 Å². The maximum absolute atomic E-state index is 11.7. The third kappa shape index (κ3) is 2.82. The molecule has 2 amide bonds. The van der Waals surface area contributed by atoms with Gasteiger partial charge in [-0.25, -0.2) is 0 Å². The van der Waals surface area contributed by atoms with Crippen LogP contribution in [0.2, 0.25) is 0 Å². The van der Waals surface area contributed by atoms with E-state index in [4.69, 9.17) is 11.6 Å². The van der Waals surface area contributed by atoms with Crippen LogP contribution in [0.25, 0.3) is 0 Å². The third-order valence-corrected chi connectivity index (χ3v) is 3.15. The molecule has 1 N–H and O–H groups in total. The molecule has 0 aromatic heterocycles. The van der Waals surface area contributed by atoms with Crippen LogP contribution in [0.1, 0.15) is 19.8 Å². The van der Waals surface area contributed by atoms with Gasteiger partial charge in [-0.05, 0) is 24.3 Å². The second-order valence-electron chi connectivity index (χ2n) is 4.25. The Labute approximate surface area is 111 Å². The van der Waals surface area contributed by atoms with Gasteiger partial charge in [-0.2, -0.15) is 0 Å². The summed E-state index contributed by atoms with van der Waals surface area (Å²) in [5, 5.41) is 2.65. The van der Waals surface area contributed by atoms with E-state index in [1.165, 1.54) is 0 Å². The Kier molecular flexibility index (Phi) is 3.87. The lowest BCUT2D eigenvalue weighted by Gasteiger charge is -2.16. The predicted molar refractivity (Wildman–Crippen MR) is 72.0 cm³/mol. The minimum absolute atomic E-state index is 0.0270. The first-order valence-corrected chi connectivity index (χ1v) is 6.38. The average Bonchev–Trinajstić information content (AvgIpc) is 2.69. The summed E-state index contributed by atoms with van der Waals surface area (Å²) in [6, 6.07) is 7.21. The smallest absolute Gasteiger partial charge is 0.228 e. The largest absolute Gasteiger partial charge is 0.326 e. The third-order valence-electron chi connectivity index (χ3n) is 2.86. The number of hydrogen-bond acceptors (Lipinski definition) is 2. The highest BCUT2D eigenvalue weighted by Gasteiger charge is 2.28. The highest BCUT2D eigenvalue weighted by atomic mass is 35.5. The topological polar surface area (TPSA) is 49.4 Å². The molecule has 1 atom stereocenters. The van der Waals surface area contributed by atoms with Crippen molar-refractivity contribution in [2.45, 2.75) is 25.1 Å². The lowest BCUT2D eigenvalue weighted by Crippen LogP contribution is -2.24. The molecule has 5 heteroatoms. The number of anilines is 2. The molecule has 1 fully saturated rings. The zero-order chi connectivity index (χ0) is 13.1. The number of rotatable bonds is 3. The summed E-state index contributed by atoms with van der Waals surface area (Å²) < 4.78 is 0. The first-order valence-electron chi connectivity index (χ1n) is 5.94. The molecule has 4 nitrogen and oxygen atoms in total. The van der Waals surface area contributed by atoms with E-state index >= 15 is 0 Å². The summed E-state index contributed by atoms with van der Waals surface area (Å²) in [4.78, 5) is 24.6. The molecule has 1 aliphatic rings. The summed E-state index contributed by atoms with van der Waals surface area (Å²) in [5.74, 6) is 0.0150. The van der Waals surface area contributed by atoms with Crippen molar-refractivity contribution >= 4 is 34.8 Å². The Morgan fingerprint density at radius 3 is 2.61 bits per heavy atom. The number of alkyl halides is 1. The van der Waals surface area contributed by atoms with Gasteiger partial charge < -0.3 is 10.2 Å². The molecule has 0 spiro atoms. The molecular weight excluding hydrogens is 252 g/mol. The zero-order valence-electron chi connectivity index (χ0n) is 10.1. The summed E-state index contributed by atoms with van der Waals surface area (Å²) in [5.41, 5.74) is 1.55. The number of amides is 2. The van der Waals surface area contributed by atoms with Crippen LogP contribution in [0.15, 0.2) is 24.3 Å². The van der Waals surface area contributed by atoms with Gasteiger partial charge in [-0.1, -0.05) is 6.92 Å². The van der Waals surface area contributed by atoms with Crippen molar-refractivity contribution in [3.63, 3.8) is 0 Å². The Bertz CT molecular complexity index is 459. The Morgan fingerprint density at radius 1 is 1.44 bits per heavy atom. The van der Waals surface area contributed by atoms with Crippen LogP contribution in [0, 0.1) is 0 Å². The molecule has 1 aromatic rings. The molecule has 2 rings (SSSR count). The molecule has 0 saturated carbocycles. The van der Waals surface area contributed by atoms with Crippen molar-refractivity contribution in [2.24, 2.45) is 0 Å². The maximum atomic E-state index is 11.7. The molecule has 1 unspecified atom stereocenters. The minimum atomic E-state index is -0.114. The van der Waals surface area contributed by atoms with Gasteiger partial charge >= 0.3 is 0 Å². The van der Waals surface area contributed by atoms with Crippen molar-refractivity contribution in [1.29, 1.82) is 0 Å². The summed E-state index contributed by atoms with van der Waals surface area (Å²) in [7, 11) is 0. The summed E-state index contributed by atoms with van der Waals surface area (Å²) in [6.45, 7) is 2.34. The first kappa shape index (κ1) is 12.9. The van der Waals surface area contributed by atoms with E-state index in [9.17, 15) is 9.59 Å². The van der Waals surface area contributed by atoms with Crippen LogP contribution in [-0.4, -0.2) is 23.7 Å². The highest BCUT2D eigenvalue weighted by Crippen LogP contribution is 2.25. The fourth-order valence-electron chi connectivity index (χ4n) is 1.89. The molecule has 0 radical (unpaired) electrons. The zero-order valence-corrected chi connectivity index (χ0v) is 10.9. The van der Waals surface area contributed by atoms with Gasteiger partial charge in [0.05, 0.1) is 5.38 Å². The van der Waals surface area contributed by atoms with Gasteiger partial charge in [0.25, 0.3) is 0 Å². The van der Waals surface area contributed by atoms with Crippen molar-refractivity contribution < 1.29 is 9.59 Å². The van der Waals surface area contributed by atoms with Gasteiger partial charge in [0, 0.05) is 30.8 Å². The van der Waals surface area contributed by atoms with E-state index in [-0.39, 0.29) is 17.2 Å². The first-order chi connectivity index (χ1) is 8.60. The lowest BCUT2D eigenvalue weighted by molar-refractivity contribution is -0.117. The van der Waals surface area contributed by atoms with Crippen LogP contribution in [0.3, 0.4) is 0 Å². The lowest BCUT2D eigenvalue weighted by atomic mass is 10.2. The van der Waals surface area contributed by atoms with Crippen LogP contribution in [0.5, 0.6) is 0 Å². The molecule has 1 saturated heterocycles. The van der Waals surface area contributed by atoms with Gasteiger partial charge in [-0.15, -0.1) is 11.6 Å². The highest BCUT2D eigenvalue weighted by molar-refractivity contribution is 6.24. The summed E-state index contributed by atoms with van der Waals surface area (Å²) >= 11 is 5.95. The van der Waals surface area contributed by atoms with E-state index < -0.39 is 0 Å². The van der Waals surface area contributed by atoms with Gasteiger partial charge in [-0.3, -0.25) is 9.59 Å². The van der Waals surface area contributed by atoms with E-state index in [1.54, 1.807) is 24.0 Å². The minimum Gasteiger partial charge on any atom is -0.326 e. The van der Waals surface area contributed by atoms with Gasteiger partial charge in [0.15, 0.2) is 0 Å². The van der Waals surface area contributed by atoms with E-state index in [1.807, 2.05) is 12.1 Å². The number of carbonyl (C=O) groups excluding carboxylic acids is 2. The SMILES string of the molecule is CCC(=O)Nc1ccc(N2CC(Cl)CC2=O)cc1. The van der Waals surface area contributed by atoms with Crippen molar-refractivity contribution in [3.05, 3.63) is 24.3 Å². The Morgan fingerprint density at radius 2 is 2.11 bits per heavy atom. The van der Waals surface area contributed by atoms with E-state index in [2.05, 4.69) is 5.32 Å². The number of benzene rings is 1. The van der Waals surface area contributed by atoms with Crippen LogP contribution >= 0.6 is 11.6 Å². The Hall–Kier alpha value is -1.55. The van der Waals surface area contributed by atoms with Gasteiger partial charge in [0.2, 0.25) is 11.8 Å². The average molecular weight is 267 g/mol. The maximum Gasteiger partial charge on any atom is 0.228 e. The number of nitrogens with zero attached hydrogens (tertiary/aromatic N) is 1. The number of halogens is 1. The number of hydrogen-bond donors (Lipinski definition) is 1. The van der Waals surface area contributed by atoms with Crippen molar-refractivity contribution in [3.8, 4) is 0 Å². The molecule has 1 aliphatic heterocycles. The normalized spacial score (nSPS) is 19.1. The molecular formula is C13H15ClN2O2. The number of carbonyl (C=O) groups is 2. The van der Waals surface area contributed by atoms with Crippen LogP contribution in [-0.2, 0) is 9.59 Å². The number of nitrogens with one attached hydrogen (secondary N) is 1. The predicted octanol–water partition coefficient (Wildman–Crippen LogP) is 2.38. The molecule has 96 valence electrons. The molecule has 0 aliphatic carbocycles. The fraction of sp³-hybridized carbons (Fsp3) is 0.385. The summed E-state index contributed by atoms with van der Waals surface area (Å²) in [6.07, 6.45) is 0.830. The second kappa shape index (κ2) is 5.40. The fourth-order valence-corrected chi connectivity index (χ4v) is 2.16. The van der Waals surface area contributed by atoms with Crippen molar-refractivity contribution in [2.75, 3.05) is 16.8 Å². The molecule has 1 heterocycles. The Balaban J connectivity index is 2.08. The van der Waals surface area contributed by atoms with Gasteiger partial charge in [0.1, 0.15) is 0 Å². The molecule has 0 bridgehead atoms.